The van der Waals surface area contributed by atoms with Gasteiger partial charge < -0.3 is 15.2 Å². The summed E-state index contributed by atoms with van der Waals surface area (Å²) in [6.07, 6.45) is 6.17. The monoisotopic (exact) mass is 267 g/mol. The number of hydrogen-bond donors (Lipinski definition) is 2. The van der Waals surface area contributed by atoms with Crippen molar-refractivity contribution in [3.8, 4) is 0 Å². The van der Waals surface area contributed by atoms with E-state index in [1.807, 2.05) is 0 Å². The first kappa shape index (κ1) is 12.9. The maximum atomic E-state index is 12.1. The summed E-state index contributed by atoms with van der Waals surface area (Å²) in [6.45, 7) is 0.642. The molecule has 1 amide bonds. The Morgan fingerprint density at radius 1 is 1.16 bits per heavy atom. The van der Waals surface area contributed by atoms with Crippen molar-refractivity contribution in [3.63, 3.8) is 0 Å². The normalized spacial score (nSPS) is 40.5. The van der Waals surface area contributed by atoms with Crippen molar-refractivity contribution >= 4 is 11.9 Å². The predicted molar refractivity (Wildman–Crippen MR) is 67.5 cm³/mol. The van der Waals surface area contributed by atoms with Gasteiger partial charge in [0.1, 0.15) is 0 Å². The van der Waals surface area contributed by atoms with Gasteiger partial charge in [0, 0.05) is 12.5 Å². The summed E-state index contributed by atoms with van der Waals surface area (Å²) in [5.41, 5.74) is 0. The number of carbonyl (C=O) groups is 2. The van der Waals surface area contributed by atoms with E-state index in [0.717, 1.165) is 25.7 Å². The Morgan fingerprint density at radius 2 is 1.95 bits per heavy atom. The summed E-state index contributed by atoms with van der Waals surface area (Å²) in [4.78, 5) is 23.2. The molecular formula is C14H21NO4. The van der Waals surface area contributed by atoms with Crippen molar-refractivity contribution in [1.82, 2.24) is 5.32 Å². The average Bonchev–Trinajstić information content (AvgIpc) is 3.10. The predicted octanol–water partition coefficient (Wildman–Crippen LogP) is 1.17. The standard InChI is InChI=1S/C14H21NO4/c16-13(10-2-1-3-11(10)14(17)18)15-7-8-6-9-4-5-12(8)19-9/h8-12H,1-7H2,(H,15,16)(H,17,18). The van der Waals surface area contributed by atoms with Crippen LogP contribution in [-0.4, -0.2) is 35.7 Å². The maximum absolute atomic E-state index is 12.1. The highest BCUT2D eigenvalue weighted by Crippen LogP contribution is 2.38. The molecule has 5 atom stereocenters. The van der Waals surface area contributed by atoms with Crippen molar-refractivity contribution in [1.29, 1.82) is 0 Å². The minimum absolute atomic E-state index is 0.0762. The number of carboxylic acids is 1. The van der Waals surface area contributed by atoms with Gasteiger partial charge in [0.05, 0.1) is 24.0 Å². The molecule has 3 aliphatic rings. The Balaban J connectivity index is 1.50. The van der Waals surface area contributed by atoms with Gasteiger partial charge in [0.25, 0.3) is 0 Å². The molecule has 3 rings (SSSR count). The van der Waals surface area contributed by atoms with Crippen LogP contribution in [0.5, 0.6) is 0 Å². The fourth-order valence-corrected chi connectivity index (χ4v) is 3.89. The van der Waals surface area contributed by atoms with Crippen LogP contribution in [-0.2, 0) is 14.3 Å². The fourth-order valence-electron chi connectivity index (χ4n) is 3.89. The molecule has 5 heteroatoms. The number of hydrogen-bond acceptors (Lipinski definition) is 3. The number of carbonyl (C=O) groups excluding carboxylic acids is 1. The Morgan fingerprint density at radius 3 is 2.58 bits per heavy atom. The van der Waals surface area contributed by atoms with Crippen LogP contribution >= 0.6 is 0 Å². The van der Waals surface area contributed by atoms with E-state index in [-0.39, 0.29) is 11.8 Å². The highest BCUT2D eigenvalue weighted by Gasteiger charge is 2.42. The third kappa shape index (κ3) is 2.48. The Labute approximate surface area is 112 Å². The second-order valence-electron chi connectivity index (χ2n) is 6.10. The molecule has 1 aliphatic carbocycles. The van der Waals surface area contributed by atoms with Crippen molar-refractivity contribution in [3.05, 3.63) is 0 Å². The Bertz CT molecular complexity index is 384. The molecule has 0 aromatic heterocycles. The van der Waals surface area contributed by atoms with E-state index in [2.05, 4.69) is 5.32 Å². The molecule has 5 unspecified atom stereocenters. The number of fused-ring (bicyclic) bond motifs is 2. The molecule has 2 aliphatic heterocycles. The Kier molecular flexibility index (Phi) is 3.48. The largest absolute Gasteiger partial charge is 0.481 e. The van der Waals surface area contributed by atoms with Crippen LogP contribution in [0.15, 0.2) is 0 Å². The lowest BCUT2D eigenvalue weighted by Gasteiger charge is -2.21. The molecular weight excluding hydrogens is 246 g/mol. The zero-order chi connectivity index (χ0) is 13.4. The molecule has 0 spiro atoms. The summed E-state index contributed by atoms with van der Waals surface area (Å²) in [7, 11) is 0. The topological polar surface area (TPSA) is 75.6 Å². The highest BCUT2D eigenvalue weighted by atomic mass is 16.5. The summed E-state index contributed by atoms with van der Waals surface area (Å²) in [5.74, 6) is -1.31. The van der Waals surface area contributed by atoms with Gasteiger partial charge in [-0.3, -0.25) is 9.59 Å². The lowest BCUT2D eigenvalue weighted by Crippen LogP contribution is -2.39. The third-order valence-corrected chi connectivity index (χ3v) is 4.94. The molecule has 0 aromatic carbocycles. The van der Waals surface area contributed by atoms with E-state index in [1.54, 1.807) is 0 Å². The lowest BCUT2D eigenvalue weighted by molar-refractivity contribution is -0.146. The summed E-state index contributed by atoms with van der Waals surface area (Å²) in [6, 6.07) is 0. The second-order valence-corrected chi connectivity index (χ2v) is 6.10. The van der Waals surface area contributed by atoms with Crippen LogP contribution < -0.4 is 5.32 Å². The highest BCUT2D eigenvalue weighted by molar-refractivity contribution is 5.85. The number of aliphatic carboxylic acids is 1. The van der Waals surface area contributed by atoms with E-state index in [9.17, 15) is 9.59 Å². The van der Waals surface area contributed by atoms with Gasteiger partial charge >= 0.3 is 5.97 Å². The second kappa shape index (κ2) is 5.12. The quantitative estimate of drug-likeness (QED) is 0.801. The molecule has 106 valence electrons. The molecule has 2 bridgehead atoms. The van der Waals surface area contributed by atoms with Crippen LogP contribution in [0.3, 0.4) is 0 Å². The lowest BCUT2D eigenvalue weighted by atomic mass is 9.89. The molecule has 1 saturated carbocycles. The number of ether oxygens (including phenoxy) is 1. The van der Waals surface area contributed by atoms with Crippen molar-refractivity contribution in [2.75, 3.05) is 6.54 Å². The minimum atomic E-state index is -0.832. The molecule has 3 fully saturated rings. The number of carboxylic acid groups (broad SMARTS) is 1. The summed E-state index contributed by atoms with van der Waals surface area (Å²) >= 11 is 0. The number of nitrogens with one attached hydrogen (secondary N) is 1. The van der Waals surface area contributed by atoms with Crippen LogP contribution in [0.2, 0.25) is 0 Å². The van der Waals surface area contributed by atoms with Gasteiger partial charge in [0.2, 0.25) is 5.91 Å². The van der Waals surface area contributed by atoms with Crippen LogP contribution in [0, 0.1) is 17.8 Å². The van der Waals surface area contributed by atoms with Gasteiger partial charge in [-0.05, 0) is 32.1 Å². The number of amides is 1. The molecule has 5 nitrogen and oxygen atoms in total. The minimum Gasteiger partial charge on any atom is -0.481 e. The molecule has 2 saturated heterocycles. The van der Waals surface area contributed by atoms with Crippen molar-refractivity contribution in [2.24, 2.45) is 17.8 Å². The van der Waals surface area contributed by atoms with Crippen LogP contribution in [0.1, 0.15) is 38.5 Å². The van der Waals surface area contributed by atoms with Gasteiger partial charge in [-0.2, -0.15) is 0 Å². The van der Waals surface area contributed by atoms with E-state index in [4.69, 9.17) is 9.84 Å². The molecule has 0 aromatic rings. The first-order valence-electron chi connectivity index (χ1n) is 7.31. The van der Waals surface area contributed by atoms with E-state index in [1.165, 1.54) is 0 Å². The first-order chi connectivity index (χ1) is 9.15. The SMILES string of the molecule is O=C(O)C1CCCC1C(=O)NCC1CC2CCC1O2. The summed E-state index contributed by atoms with van der Waals surface area (Å²) < 4.78 is 5.76. The molecule has 2 N–H and O–H groups in total. The fraction of sp³-hybridized carbons (Fsp3) is 0.857. The zero-order valence-electron chi connectivity index (χ0n) is 11.0. The van der Waals surface area contributed by atoms with Crippen molar-refractivity contribution in [2.45, 2.75) is 50.7 Å². The Hall–Kier alpha value is -1.10. The molecule has 0 radical (unpaired) electrons. The van der Waals surface area contributed by atoms with Crippen LogP contribution in [0.4, 0.5) is 0 Å². The van der Waals surface area contributed by atoms with E-state index >= 15 is 0 Å². The van der Waals surface area contributed by atoms with Crippen LogP contribution in [0.25, 0.3) is 0 Å². The van der Waals surface area contributed by atoms with Gasteiger partial charge in [-0.15, -0.1) is 0 Å². The average molecular weight is 267 g/mol. The van der Waals surface area contributed by atoms with Crippen molar-refractivity contribution < 1.29 is 19.4 Å². The molecule has 2 heterocycles. The number of rotatable bonds is 4. The molecule has 19 heavy (non-hydrogen) atoms. The van der Waals surface area contributed by atoms with E-state index < -0.39 is 11.9 Å². The zero-order valence-corrected chi connectivity index (χ0v) is 11.0. The van der Waals surface area contributed by atoms with Gasteiger partial charge in [-0.25, -0.2) is 0 Å². The summed E-state index contributed by atoms with van der Waals surface area (Å²) in [5, 5.41) is 12.1. The smallest absolute Gasteiger partial charge is 0.307 e. The van der Waals surface area contributed by atoms with Gasteiger partial charge in [-0.1, -0.05) is 6.42 Å². The maximum Gasteiger partial charge on any atom is 0.307 e. The third-order valence-electron chi connectivity index (χ3n) is 4.94. The van der Waals surface area contributed by atoms with E-state index in [0.29, 0.717) is 37.5 Å². The first-order valence-corrected chi connectivity index (χ1v) is 7.31. The van der Waals surface area contributed by atoms with Gasteiger partial charge in [0.15, 0.2) is 0 Å².